The van der Waals surface area contributed by atoms with Crippen LogP contribution in [0, 0.1) is 5.82 Å². The molecule has 0 atom stereocenters. The van der Waals surface area contributed by atoms with Crippen LogP contribution in [-0.2, 0) is 6.42 Å². The summed E-state index contributed by atoms with van der Waals surface area (Å²) in [6, 6.07) is 6.10. The van der Waals surface area contributed by atoms with Crippen molar-refractivity contribution < 1.29 is 8.81 Å². The molecule has 0 bridgehead atoms. The topological polar surface area (TPSA) is 62.5 Å². The van der Waals surface area contributed by atoms with Gasteiger partial charge in [0, 0.05) is 32.1 Å². The van der Waals surface area contributed by atoms with Gasteiger partial charge in [0.05, 0.1) is 5.69 Å². The van der Waals surface area contributed by atoms with Gasteiger partial charge in [-0.3, -0.25) is 4.99 Å². The molecule has 2 N–H and O–H groups in total. The highest BCUT2D eigenvalue weighted by Gasteiger charge is 2.07. The summed E-state index contributed by atoms with van der Waals surface area (Å²) in [5, 5.41) is 6.49. The Hall–Kier alpha value is -2.37. The number of unbranched alkanes of at least 4 members (excludes halogenated alkanes) is 1. The summed E-state index contributed by atoms with van der Waals surface area (Å²) >= 11 is 0. The largest absolute Gasteiger partial charge is 0.444 e. The molecule has 1 aromatic carbocycles. The predicted molar refractivity (Wildman–Crippen MR) is 89.9 cm³/mol. The number of guanidine groups is 1. The Morgan fingerprint density at radius 1 is 1.22 bits per heavy atom. The normalized spacial score (nSPS) is 11.5. The van der Waals surface area contributed by atoms with Gasteiger partial charge in [0.15, 0.2) is 5.96 Å². The van der Waals surface area contributed by atoms with Crippen molar-refractivity contribution in [3.8, 4) is 11.5 Å². The fourth-order valence-corrected chi connectivity index (χ4v) is 2.06. The van der Waals surface area contributed by atoms with Crippen LogP contribution in [0.1, 0.15) is 25.5 Å². The molecule has 1 aromatic heterocycles. The molecule has 124 valence electrons. The molecule has 0 saturated heterocycles. The van der Waals surface area contributed by atoms with Crippen molar-refractivity contribution in [3.63, 3.8) is 0 Å². The van der Waals surface area contributed by atoms with E-state index in [9.17, 15) is 4.39 Å². The van der Waals surface area contributed by atoms with Crippen LogP contribution in [0.4, 0.5) is 4.39 Å². The van der Waals surface area contributed by atoms with Gasteiger partial charge in [-0.15, -0.1) is 0 Å². The summed E-state index contributed by atoms with van der Waals surface area (Å²) in [4.78, 5) is 8.59. The number of benzene rings is 1. The van der Waals surface area contributed by atoms with Gasteiger partial charge >= 0.3 is 0 Å². The van der Waals surface area contributed by atoms with Crippen LogP contribution in [0.25, 0.3) is 11.5 Å². The minimum Gasteiger partial charge on any atom is -0.444 e. The quantitative estimate of drug-likeness (QED) is 0.468. The van der Waals surface area contributed by atoms with E-state index >= 15 is 0 Å². The summed E-state index contributed by atoms with van der Waals surface area (Å²) in [5.41, 5.74) is 1.61. The van der Waals surface area contributed by atoms with Crippen LogP contribution in [0.2, 0.25) is 0 Å². The van der Waals surface area contributed by atoms with Crippen LogP contribution in [0.15, 0.2) is 39.9 Å². The molecule has 0 fully saturated rings. The SMILES string of the molecule is CCCCNC(=NC)NCCc1coc(-c2ccc(F)cc2)n1. The summed E-state index contributed by atoms with van der Waals surface area (Å²) < 4.78 is 18.4. The van der Waals surface area contributed by atoms with Crippen LogP contribution >= 0.6 is 0 Å². The van der Waals surface area contributed by atoms with E-state index in [4.69, 9.17) is 4.42 Å². The van der Waals surface area contributed by atoms with E-state index in [1.54, 1.807) is 25.4 Å². The molecule has 0 aliphatic heterocycles. The van der Waals surface area contributed by atoms with Crippen LogP contribution < -0.4 is 10.6 Å². The van der Waals surface area contributed by atoms with E-state index < -0.39 is 0 Å². The zero-order chi connectivity index (χ0) is 16.5. The number of aromatic nitrogens is 1. The lowest BCUT2D eigenvalue weighted by molar-refractivity contribution is 0.571. The van der Waals surface area contributed by atoms with Gasteiger partial charge < -0.3 is 15.1 Å². The molecule has 5 nitrogen and oxygen atoms in total. The van der Waals surface area contributed by atoms with Gasteiger partial charge in [-0.2, -0.15) is 0 Å². The molecule has 23 heavy (non-hydrogen) atoms. The number of nitrogens with zero attached hydrogens (tertiary/aromatic N) is 2. The fraction of sp³-hybridized carbons (Fsp3) is 0.412. The first-order valence-electron chi connectivity index (χ1n) is 7.87. The Bertz CT molecular complexity index is 622. The van der Waals surface area contributed by atoms with Crippen LogP contribution in [0.3, 0.4) is 0 Å². The minimum absolute atomic E-state index is 0.272. The van der Waals surface area contributed by atoms with Gasteiger partial charge in [0.1, 0.15) is 12.1 Å². The minimum atomic E-state index is -0.272. The molecule has 6 heteroatoms. The molecule has 0 spiro atoms. The van der Waals surface area contributed by atoms with Crippen molar-refractivity contribution >= 4 is 5.96 Å². The molecule has 0 radical (unpaired) electrons. The lowest BCUT2D eigenvalue weighted by Crippen LogP contribution is -2.38. The van der Waals surface area contributed by atoms with E-state index in [2.05, 4.69) is 27.5 Å². The molecule has 0 amide bonds. The van der Waals surface area contributed by atoms with Crippen molar-refractivity contribution in [2.75, 3.05) is 20.1 Å². The maximum absolute atomic E-state index is 12.9. The zero-order valence-corrected chi connectivity index (χ0v) is 13.6. The van der Waals surface area contributed by atoms with E-state index in [1.807, 2.05) is 0 Å². The molecule has 0 saturated carbocycles. The molecule has 0 aliphatic carbocycles. The highest BCUT2D eigenvalue weighted by molar-refractivity contribution is 5.79. The Morgan fingerprint density at radius 3 is 2.65 bits per heavy atom. The number of oxazole rings is 1. The monoisotopic (exact) mass is 318 g/mol. The second-order valence-corrected chi connectivity index (χ2v) is 5.18. The van der Waals surface area contributed by atoms with Gasteiger partial charge in [0.25, 0.3) is 0 Å². The lowest BCUT2D eigenvalue weighted by atomic mass is 10.2. The van der Waals surface area contributed by atoms with Crippen LogP contribution in [0.5, 0.6) is 0 Å². The van der Waals surface area contributed by atoms with Crippen molar-refractivity contribution in [1.82, 2.24) is 15.6 Å². The summed E-state index contributed by atoms with van der Waals surface area (Å²) in [6.45, 7) is 3.77. The van der Waals surface area contributed by atoms with Crippen molar-refractivity contribution in [2.24, 2.45) is 4.99 Å². The highest BCUT2D eigenvalue weighted by Crippen LogP contribution is 2.18. The summed E-state index contributed by atoms with van der Waals surface area (Å²) in [5.74, 6) is 1.03. The summed E-state index contributed by atoms with van der Waals surface area (Å²) in [7, 11) is 1.75. The summed E-state index contributed by atoms with van der Waals surface area (Å²) in [6.07, 6.45) is 4.62. The number of nitrogens with one attached hydrogen (secondary N) is 2. The zero-order valence-electron chi connectivity index (χ0n) is 13.6. The molecule has 2 rings (SSSR count). The van der Waals surface area contributed by atoms with E-state index in [0.717, 1.165) is 43.0 Å². The fourth-order valence-electron chi connectivity index (χ4n) is 2.06. The second-order valence-electron chi connectivity index (χ2n) is 5.18. The van der Waals surface area contributed by atoms with Crippen molar-refractivity contribution in [3.05, 3.63) is 42.0 Å². The third-order valence-electron chi connectivity index (χ3n) is 3.36. The smallest absolute Gasteiger partial charge is 0.226 e. The molecule has 0 unspecified atom stereocenters. The number of halogens is 1. The van der Waals surface area contributed by atoms with Gasteiger partial charge in [-0.1, -0.05) is 13.3 Å². The Labute approximate surface area is 136 Å². The molecular weight excluding hydrogens is 295 g/mol. The average Bonchev–Trinajstić information content (AvgIpc) is 3.03. The first kappa shape index (κ1) is 17.0. The third kappa shape index (κ3) is 5.39. The number of rotatable bonds is 7. The van der Waals surface area contributed by atoms with E-state index in [-0.39, 0.29) is 5.82 Å². The average molecular weight is 318 g/mol. The molecule has 1 heterocycles. The molecular formula is C17H23FN4O. The van der Waals surface area contributed by atoms with E-state index in [1.165, 1.54) is 12.1 Å². The van der Waals surface area contributed by atoms with Gasteiger partial charge in [-0.25, -0.2) is 9.37 Å². The van der Waals surface area contributed by atoms with Crippen molar-refractivity contribution in [2.45, 2.75) is 26.2 Å². The van der Waals surface area contributed by atoms with Gasteiger partial charge in [0.2, 0.25) is 5.89 Å². The lowest BCUT2D eigenvalue weighted by Gasteiger charge is -2.10. The molecule has 0 aliphatic rings. The van der Waals surface area contributed by atoms with Crippen molar-refractivity contribution in [1.29, 1.82) is 0 Å². The number of hydrogen-bond acceptors (Lipinski definition) is 3. The highest BCUT2D eigenvalue weighted by atomic mass is 19.1. The standard InChI is InChI=1S/C17H23FN4O/c1-3-4-10-20-17(19-2)21-11-9-15-12-23-16(22-15)13-5-7-14(18)8-6-13/h5-8,12H,3-4,9-11H2,1-2H3,(H2,19,20,21). The Balaban J connectivity index is 1.81. The van der Waals surface area contributed by atoms with Crippen LogP contribution in [-0.4, -0.2) is 31.1 Å². The number of hydrogen-bond donors (Lipinski definition) is 2. The Kier molecular flexibility index (Phi) is 6.59. The predicted octanol–water partition coefficient (Wildman–Crippen LogP) is 2.99. The second kappa shape index (κ2) is 8.92. The maximum atomic E-state index is 12.9. The molecule has 2 aromatic rings. The van der Waals surface area contributed by atoms with E-state index in [0.29, 0.717) is 12.4 Å². The first-order chi connectivity index (χ1) is 11.2. The Morgan fingerprint density at radius 2 is 1.96 bits per heavy atom. The van der Waals surface area contributed by atoms with Gasteiger partial charge in [-0.05, 0) is 30.7 Å². The third-order valence-corrected chi connectivity index (χ3v) is 3.36. The first-order valence-corrected chi connectivity index (χ1v) is 7.87. The maximum Gasteiger partial charge on any atom is 0.226 e. The number of aliphatic imine (C=N–C) groups is 1.